The minimum Gasteiger partial charge on any atom is -0.310 e. The van der Waals surface area contributed by atoms with E-state index in [1.807, 2.05) is 30.3 Å². The first kappa shape index (κ1) is 13.8. The summed E-state index contributed by atoms with van der Waals surface area (Å²) in [5.41, 5.74) is 4.42. The number of nitrogens with zero attached hydrogens (tertiary/aromatic N) is 4. The highest BCUT2D eigenvalue weighted by Crippen LogP contribution is 2.19. The van der Waals surface area contributed by atoms with Gasteiger partial charge in [0.15, 0.2) is 5.82 Å². The summed E-state index contributed by atoms with van der Waals surface area (Å²) in [4.78, 5) is 0. The molecular formula is C14H23N5. The molecular weight excluding hydrogens is 238 g/mol. The second-order valence-corrected chi connectivity index (χ2v) is 5.39. The molecule has 2 aromatic rings. The van der Waals surface area contributed by atoms with Gasteiger partial charge in [-0.1, -0.05) is 13.8 Å². The number of hydrogen-bond acceptors (Lipinski definition) is 3. The molecule has 0 aromatic carbocycles. The zero-order valence-corrected chi connectivity index (χ0v) is 12.7. The summed E-state index contributed by atoms with van der Waals surface area (Å²) >= 11 is 0. The molecule has 0 bridgehead atoms. The molecule has 2 rings (SSSR count). The molecule has 0 saturated heterocycles. The lowest BCUT2D eigenvalue weighted by Crippen LogP contribution is -2.23. The van der Waals surface area contributed by atoms with E-state index in [0.717, 1.165) is 29.4 Å². The van der Waals surface area contributed by atoms with Crippen LogP contribution in [0.15, 0.2) is 6.07 Å². The highest BCUT2D eigenvalue weighted by Gasteiger charge is 2.17. The number of rotatable bonds is 4. The van der Waals surface area contributed by atoms with E-state index < -0.39 is 0 Å². The third kappa shape index (κ3) is 2.71. The van der Waals surface area contributed by atoms with E-state index in [9.17, 15) is 0 Å². The number of aromatic nitrogens is 4. The van der Waals surface area contributed by atoms with Crippen molar-refractivity contribution in [2.45, 2.75) is 47.2 Å². The highest BCUT2D eigenvalue weighted by molar-refractivity contribution is 5.39. The van der Waals surface area contributed by atoms with Gasteiger partial charge < -0.3 is 5.32 Å². The fraction of sp³-hybridized carbons (Fsp3) is 0.571. The number of nitrogens with one attached hydrogen (secondary N) is 1. The Morgan fingerprint density at radius 1 is 1.21 bits per heavy atom. The Morgan fingerprint density at radius 3 is 2.42 bits per heavy atom. The van der Waals surface area contributed by atoms with Crippen LogP contribution in [-0.4, -0.2) is 25.6 Å². The first-order chi connectivity index (χ1) is 8.90. The van der Waals surface area contributed by atoms with Crippen LogP contribution >= 0.6 is 0 Å². The molecule has 0 fully saturated rings. The van der Waals surface area contributed by atoms with Crippen LogP contribution in [0.2, 0.25) is 0 Å². The molecule has 0 amide bonds. The third-order valence-corrected chi connectivity index (χ3v) is 3.21. The summed E-state index contributed by atoms with van der Waals surface area (Å²) in [6.45, 7) is 11.2. The summed E-state index contributed by atoms with van der Waals surface area (Å²) < 4.78 is 3.89. The van der Waals surface area contributed by atoms with Crippen LogP contribution in [0.5, 0.6) is 0 Å². The van der Waals surface area contributed by atoms with Crippen LogP contribution in [0.3, 0.4) is 0 Å². The molecule has 0 unspecified atom stereocenters. The SMILES string of the molecule is Cc1cc(C)n(-c2c(CNC(C)C)c(C)nn2C)n1. The van der Waals surface area contributed by atoms with E-state index >= 15 is 0 Å². The topological polar surface area (TPSA) is 47.7 Å². The van der Waals surface area contributed by atoms with Crippen molar-refractivity contribution in [3.05, 3.63) is 28.7 Å². The van der Waals surface area contributed by atoms with Gasteiger partial charge in [0.05, 0.1) is 11.4 Å². The summed E-state index contributed by atoms with van der Waals surface area (Å²) in [6, 6.07) is 2.54. The maximum atomic E-state index is 4.57. The normalized spacial score (nSPS) is 11.5. The van der Waals surface area contributed by atoms with Crippen molar-refractivity contribution < 1.29 is 0 Å². The standard InChI is InChI=1S/C14H23N5/c1-9(2)15-8-13-12(5)17-18(6)14(13)19-11(4)7-10(3)16-19/h7,9,15H,8H2,1-6H3. The van der Waals surface area contributed by atoms with Crippen LogP contribution in [0.4, 0.5) is 0 Å². The van der Waals surface area contributed by atoms with E-state index in [1.165, 1.54) is 5.56 Å². The molecule has 19 heavy (non-hydrogen) atoms. The van der Waals surface area contributed by atoms with Crippen molar-refractivity contribution in [2.75, 3.05) is 0 Å². The first-order valence-electron chi connectivity index (χ1n) is 6.69. The fourth-order valence-electron chi connectivity index (χ4n) is 2.31. The maximum Gasteiger partial charge on any atom is 0.156 e. The lowest BCUT2D eigenvalue weighted by atomic mass is 10.2. The minimum absolute atomic E-state index is 0.452. The van der Waals surface area contributed by atoms with Crippen molar-refractivity contribution >= 4 is 0 Å². The molecule has 0 radical (unpaired) electrons. The molecule has 5 heteroatoms. The monoisotopic (exact) mass is 261 g/mol. The molecule has 0 spiro atoms. The maximum absolute atomic E-state index is 4.57. The van der Waals surface area contributed by atoms with Crippen LogP contribution in [-0.2, 0) is 13.6 Å². The number of hydrogen-bond donors (Lipinski definition) is 1. The molecule has 0 aliphatic rings. The van der Waals surface area contributed by atoms with Gasteiger partial charge in [-0.3, -0.25) is 4.68 Å². The van der Waals surface area contributed by atoms with Crippen molar-refractivity contribution in [3.8, 4) is 5.82 Å². The van der Waals surface area contributed by atoms with Crippen LogP contribution in [0.25, 0.3) is 5.82 Å². The predicted molar refractivity (Wildman–Crippen MR) is 76.5 cm³/mol. The average Bonchev–Trinajstić information content (AvgIpc) is 2.75. The van der Waals surface area contributed by atoms with Gasteiger partial charge in [0.2, 0.25) is 0 Å². The van der Waals surface area contributed by atoms with E-state index in [2.05, 4.69) is 42.4 Å². The Labute approximate surface area is 114 Å². The molecule has 0 aliphatic heterocycles. The molecule has 104 valence electrons. The van der Waals surface area contributed by atoms with Gasteiger partial charge in [0.25, 0.3) is 0 Å². The van der Waals surface area contributed by atoms with E-state index in [-0.39, 0.29) is 0 Å². The average molecular weight is 261 g/mol. The predicted octanol–water partition coefficient (Wildman–Crippen LogP) is 2.03. The van der Waals surface area contributed by atoms with Gasteiger partial charge in [-0.25, -0.2) is 4.68 Å². The lowest BCUT2D eigenvalue weighted by Gasteiger charge is -2.11. The summed E-state index contributed by atoms with van der Waals surface area (Å²) in [5, 5.41) is 12.6. The van der Waals surface area contributed by atoms with E-state index in [4.69, 9.17) is 0 Å². The van der Waals surface area contributed by atoms with Crippen LogP contribution in [0.1, 0.15) is 36.5 Å². The van der Waals surface area contributed by atoms with Crippen LogP contribution < -0.4 is 5.32 Å². The Hall–Kier alpha value is -1.62. The van der Waals surface area contributed by atoms with Gasteiger partial charge in [0.1, 0.15) is 0 Å². The summed E-state index contributed by atoms with van der Waals surface area (Å²) in [5.74, 6) is 1.05. The van der Waals surface area contributed by atoms with Gasteiger partial charge in [0, 0.05) is 30.9 Å². The molecule has 1 N–H and O–H groups in total. The highest BCUT2D eigenvalue weighted by atomic mass is 15.4. The largest absolute Gasteiger partial charge is 0.310 e. The second kappa shape index (κ2) is 5.17. The van der Waals surface area contributed by atoms with Crippen molar-refractivity contribution in [2.24, 2.45) is 7.05 Å². The smallest absolute Gasteiger partial charge is 0.156 e. The lowest BCUT2D eigenvalue weighted by molar-refractivity contribution is 0.583. The Bertz CT molecular complexity index is 577. The minimum atomic E-state index is 0.452. The van der Waals surface area contributed by atoms with Crippen molar-refractivity contribution in [1.29, 1.82) is 0 Å². The fourth-order valence-corrected chi connectivity index (χ4v) is 2.31. The van der Waals surface area contributed by atoms with Gasteiger partial charge >= 0.3 is 0 Å². The van der Waals surface area contributed by atoms with Crippen LogP contribution in [0, 0.1) is 20.8 Å². The number of aryl methyl sites for hydroxylation is 4. The Morgan fingerprint density at radius 2 is 1.89 bits per heavy atom. The van der Waals surface area contributed by atoms with Gasteiger partial charge in [-0.05, 0) is 26.8 Å². The Balaban J connectivity index is 2.47. The summed E-state index contributed by atoms with van der Waals surface area (Å²) in [6.07, 6.45) is 0. The molecule has 0 atom stereocenters. The van der Waals surface area contributed by atoms with E-state index in [1.54, 1.807) is 0 Å². The van der Waals surface area contributed by atoms with Gasteiger partial charge in [-0.15, -0.1) is 0 Å². The molecule has 2 heterocycles. The third-order valence-electron chi connectivity index (χ3n) is 3.21. The summed E-state index contributed by atoms with van der Waals surface area (Å²) in [7, 11) is 1.97. The second-order valence-electron chi connectivity index (χ2n) is 5.39. The van der Waals surface area contributed by atoms with Crippen molar-refractivity contribution in [3.63, 3.8) is 0 Å². The van der Waals surface area contributed by atoms with Crippen molar-refractivity contribution in [1.82, 2.24) is 24.9 Å². The van der Waals surface area contributed by atoms with Gasteiger partial charge in [-0.2, -0.15) is 10.2 Å². The van der Waals surface area contributed by atoms with E-state index in [0.29, 0.717) is 6.04 Å². The molecule has 5 nitrogen and oxygen atoms in total. The zero-order valence-electron chi connectivity index (χ0n) is 12.7. The molecule has 0 saturated carbocycles. The zero-order chi connectivity index (χ0) is 14.2. The Kier molecular flexibility index (Phi) is 3.75. The molecule has 0 aliphatic carbocycles. The quantitative estimate of drug-likeness (QED) is 0.916. The molecule has 2 aromatic heterocycles. The first-order valence-corrected chi connectivity index (χ1v) is 6.69.